The maximum Gasteiger partial charge on any atom is 0.222 e. The predicted octanol–water partition coefficient (Wildman–Crippen LogP) is 4.82. The van der Waals surface area contributed by atoms with Crippen molar-refractivity contribution < 1.29 is 13.6 Å². The molecule has 0 aliphatic carbocycles. The van der Waals surface area contributed by atoms with Gasteiger partial charge in [-0.15, -0.1) is 11.6 Å². The van der Waals surface area contributed by atoms with Crippen molar-refractivity contribution in [3.8, 4) is 0 Å². The Morgan fingerprint density at radius 1 is 1.11 bits per heavy atom. The Labute approximate surface area is 162 Å². The minimum Gasteiger partial charge on any atom is -0.342 e. The van der Waals surface area contributed by atoms with E-state index >= 15 is 0 Å². The van der Waals surface area contributed by atoms with E-state index in [1.54, 1.807) is 24.3 Å². The van der Waals surface area contributed by atoms with Crippen molar-refractivity contribution in [2.24, 2.45) is 0 Å². The first-order valence-corrected chi connectivity index (χ1v) is 9.80. The maximum atomic E-state index is 14.0. The third kappa shape index (κ3) is 3.41. The summed E-state index contributed by atoms with van der Waals surface area (Å²) < 4.78 is 27.3. The summed E-state index contributed by atoms with van der Waals surface area (Å²) in [6.45, 7) is 1.23. The molecule has 0 N–H and O–H groups in total. The van der Waals surface area contributed by atoms with Gasteiger partial charge in [-0.05, 0) is 60.9 Å². The van der Waals surface area contributed by atoms with Crippen LogP contribution in [0.3, 0.4) is 0 Å². The summed E-state index contributed by atoms with van der Waals surface area (Å²) in [5, 5.41) is 0. The number of carbonyl (C=O) groups excluding carboxylic acids is 1. The van der Waals surface area contributed by atoms with Crippen molar-refractivity contribution in [1.82, 2.24) is 4.90 Å². The molecule has 2 heterocycles. The molecular weight excluding hydrogens is 370 g/mol. The number of rotatable bonds is 4. The van der Waals surface area contributed by atoms with Crippen LogP contribution in [0.15, 0.2) is 42.5 Å². The fraction of sp³-hybridized carbons (Fsp3) is 0.381. The van der Waals surface area contributed by atoms with Crippen LogP contribution >= 0.6 is 11.6 Å². The standard InChI is InChI=1S/C21H21ClF2N2O/c22-10-1-2-21(27)25-11-9-20-18(13-25)17-12-15(24)5-8-19(17)26(20)16-6-3-14(23)4-7-16/h3-8,12,18,20H,1-2,9-11,13H2/t18-,20+/m0/s1. The van der Waals surface area contributed by atoms with Gasteiger partial charge in [-0.25, -0.2) is 8.78 Å². The van der Waals surface area contributed by atoms with Crippen LogP contribution in [0.4, 0.5) is 20.2 Å². The largest absolute Gasteiger partial charge is 0.342 e. The molecule has 0 spiro atoms. The molecule has 2 aromatic carbocycles. The van der Waals surface area contributed by atoms with Gasteiger partial charge >= 0.3 is 0 Å². The number of fused-ring (bicyclic) bond motifs is 3. The lowest BCUT2D eigenvalue weighted by Crippen LogP contribution is -2.47. The number of hydrogen-bond acceptors (Lipinski definition) is 2. The van der Waals surface area contributed by atoms with E-state index in [0.717, 1.165) is 23.4 Å². The average Bonchev–Trinajstić information content (AvgIpc) is 2.99. The zero-order valence-electron chi connectivity index (χ0n) is 14.9. The molecule has 2 aliphatic heterocycles. The van der Waals surface area contributed by atoms with Crippen LogP contribution in [0.5, 0.6) is 0 Å². The molecule has 2 atom stereocenters. The molecule has 2 aromatic rings. The Hall–Kier alpha value is -2.14. The van der Waals surface area contributed by atoms with Gasteiger partial charge in [-0.2, -0.15) is 0 Å². The number of anilines is 2. The van der Waals surface area contributed by atoms with Crippen LogP contribution in [0.25, 0.3) is 0 Å². The van der Waals surface area contributed by atoms with Gasteiger partial charge < -0.3 is 9.80 Å². The van der Waals surface area contributed by atoms with E-state index in [-0.39, 0.29) is 29.5 Å². The summed E-state index contributed by atoms with van der Waals surface area (Å²) in [5.74, 6) is 0.0483. The Morgan fingerprint density at radius 3 is 2.59 bits per heavy atom. The predicted molar refractivity (Wildman–Crippen MR) is 103 cm³/mol. The first-order chi connectivity index (χ1) is 13.1. The molecule has 0 bridgehead atoms. The number of amides is 1. The zero-order valence-corrected chi connectivity index (χ0v) is 15.6. The number of nitrogens with zero attached hydrogens (tertiary/aromatic N) is 2. The quantitative estimate of drug-likeness (QED) is 0.699. The third-order valence-electron chi connectivity index (χ3n) is 5.54. The van der Waals surface area contributed by atoms with Gasteiger partial charge in [0.2, 0.25) is 5.91 Å². The van der Waals surface area contributed by atoms with E-state index in [1.165, 1.54) is 18.2 Å². The maximum absolute atomic E-state index is 14.0. The minimum atomic E-state index is -0.284. The highest BCUT2D eigenvalue weighted by atomic mass is 35.5. The van der Waals surface area contributed by atoms with Crippen LogP contribution < -0.4 is 4.90 Å². The van der Waals surface area contributed by atoms with Gasteiger partial charge in [0.05, 0.1) is 0 Å². The Bertz CT molecular complexity index is 843. The van der Waals surface area contributed by atoms with Gasteiger partial charge in [-0.3, -0.25) is 4.79 Å². The minimum absolute atomic E-state index is 0.0365. The van der Waals surface area contributed by atoms with Crippen LogP contribution in [-0.2, 0) is 4.79 Å². The summed E-state index contributed by atoms with van der Waals surface area (Å²) in [6, 6.07) is 11.3. The molecule has 4 rings (SSSR count). The Kier molecular flexibility index (Phi) is 5.04. The summed E-state index contributed by atoms with van der Waals surface area (Å²) in [5.41, 5.74) is 2.74. The summed E-state index contributed by atoms with van der Waals surface area (Å²) in [6.07, 6.45) is 1.89. The van der Waals surface area contributed by atoms with Crippen molar-refractivity contribution in [1.29, 1.82) is 0 Å². The third-order valence-corrected chi connectivity index (χ3v) is 5.81. The highest BCUT2D eigenvalue weighted by Crippen LogP contribution is 2.48. The Balaban J connectivity index is 1.66. The van der Waals surface area contributed by atoms with Crippen molar-refractivity contribution in [2.45, 2.75) is 31.2 Å². The molecule has 142 valence electrons. The first-order valence-electron chi connectivity index (χ1n) is 9.26. The lowest BCUT2D eigenvalue weighted by Gasteiger charge is -2.39. The fourth-order valence-corrected chi connectivity index (χ4v) is 4.44. The number of alkyl halides is 1. The van der Waals surface area contributed by atoms with E-state index < -0.39 is 0 Å². The molecule has 1 amide bonds. The lowest BCUT2D eigenvalue weighted by molar-refractivity contribution is -0.132. The zero-order chi connectivity index (χ0) is 19.0. The van der Waals surface area contributed by atoms with E-state index in [4.69, 9.17) is 11.6 Å². The van der Waals surface area contributed by atoms with Gasteiger partial charge in [-0.1, -0.05) is 0 Å². The molecule has 0 unspecified atom stereocenters. The fourth-order valence-electron chi connectivity index (χ4n) is 4.31. The van der Waals surface area contributed by atoms with E-state index in [1.807, 2.05) is 4.90 Å². The van der Waals surface area contributed by atoms with Gasteiger partial charge in [0.25, 0.3) is 0 Å². The molecule has 1 fully saturated rings. The second-order valence-corrected chi connectivity index (χ2v) is 7.52. The molecule has 2 aliphatic rings. The van der Waals surface area contributed by atoms with Crippen molar-refractivity contribution in [3.63, 3.8) is 0 Å². The topological polar surface area (TPSA) is 23.6 Å². The Morgan fingerprint density at radius 2 is 1.85 bits per heavy atom. The summed E-state index contributed by atoms with van der Waals surface area (Å²) >= 11 is 5.71. The number of benzene rings is 2. The number of carbonyl (C=O) groups is 1. The second-order valence-electron chi connectivity index (χ2n) is 7.14. The number of piperidine rings is 1. The number of halogens is 3. The van der Waals surface area contributed by atoms with Crippen molar-refractivity contribution in [2.75, 3.05) is 23.9 Å². The summed E-state index contributed by atoms with van der Waals surface area (Å²) in [7, 11) is 0. The second kappa shape index (κ2) is 7.47. The number of likely N-dealkylation sites (tertiary alicyclic amines) is 1. The molecule has 0 aromatic heterocycles. The van der Waals surface area contributed by atoms with E-state index in [2.05, 4.69) is 4.90 Å². The van der Waals surface area contributed by atoms with Gasteiger partial charge in [0, 0.05) is 48.7 Å². The normalized spacial score (nSPS) is 21.1. The number of hydrogen-bond donors (Lipinski definition) is 0. The van der Waals surface area contributed by atoms with Gasteiger partial charge in [0.1, 0.15) is 11.6 Å². The average molecular weight is 391 g/mol. The monoisotopic (exact) mass is 390 g/mol. The molecule has 27 heavy (non-hydrogen) atoms. The molecule has 0 radical (unpaired) electrons. The first kappa shape index (κ1) is 18.2. The van der Waals surface area contributed by atoms with Crippen LogP contribution in [0.2, 0.25) is 0 Å². The molecule has 0 saturated carbocycles. The van der Waals surface area contributed by atoms with Crippen LogP contribution in [-0.4, -0.2) is 35.8 Å². The highest BCUT2D eigenvalue weighted by Gasteiger charge is 2.43. The van der Waals surface area contributed by atoms with Crippen molar-refractivity contribution >= 4 is 28.9 Å². The molecule has 3 nitrogen and oxygen atoms in total. The van der Waals surface area contributed by atoms with Gasteiger partial charge in [0.15, 0.2) is 0 Å². The smallest absolute Gasteiger partial charge is 0.222 e. The van der Waals surface area contributed by atoms with Crippen LogP contribution in [0, 0.1) is 11.6 Å². The SMILES string of the molecule is O=C(CCCCl)N1CC[C@@H]2[C@@H](C1)c1cc(F)ccc1N2c1ccc(F)cc1. The lowest BCUT2D eigenvalue weighted by atomic mass is 9.88. The van der Waals surface area contributed by atoms with Crippen LogP contribution in [0.1, 0.15) is 30.7 Å². The molecular formula is C21H21ClF2N2O. The molecule has 6 heteroatoms. The highest BCUT2D eigenvalue weighted by molar-refractivity contribution is 6.17. The van der Waals surface area contributed by atoms with E-state index in [9.17, 15) is 13.6 Å². The van der Waals surface area contributed by atoms with E-state index in [0.29, 0.717) is 31.8 Å². The summed E-state index contributed by atoms with van der Waals surface area (Å²) in [4.78, 5) is 16.5. The molecule has 1 saturated heterocycles. The van der Waals surface area contributed by atoms with Crippen molar-refractivity contribution in [3.05, 3.63) is 59.7 Å².